The molecule has 5 heteroatoms. The molecule has 1 aliphatic rings. The number of nitrogens with zero attached hydrogens (tertiary/aromatic N) is 2. The Morgan fingerprint density at radius 2 is 2.19 bits per heavy atom. The molecular weight excluding hydrogens is 222 g/mol. The van der Waals surface area contributed by atoms with Gasteiger partial charge in [0.25, 0.3) is 0 Å². The van der Waals surface area contributed by atoms with Crippen molar-refractivity contribution in [1.29, 1.82) is 0 Å². The number of ether oxygens (including phenoxy) is 1. The predicted molar refractivity (Wildman–Crippen MR) is 70.8 cm³/mol. The van der Waals surface area contributed by atoms with Crippen LogP contribution in [0.2, 0.25) is 0 Å². The maximum atomic E-state index is 5.61. The molecule has 0 aromatic heterocycles. The fourth-order valence-electron chi connectivity index (χ4n) is 1.90. The summed E-state index contributed by atoms with van der Waals surface area (Å²) in [7, 11) is 0. The van der Waals surface area contributed by atoms with Gasteiger partial charge in [0.2, 0.25) is 0 Å². The molecular formula is C11H23N3OS. The molecule has 1 fully saturated rings. The average molecular weight is 245 g/mol. The summed E-state index contributed by atoms with van der Waals surface area (Å²) in [6.45, 7) is 11.4. The predicted octanol–water partition coefficient (Wildman–Crippen LogP) is 0.315. The van der Waals surface area contributed by atoms with Crippen molar-refractivity contribution in [3.63, 3.8) is 0 Å². The van der Waals surface area contributed by atoms with E-state index in [1.165, 1.54) is 0 Å². The van der Waals surface area contributed by atoms with Gasteiger partial charge in [0.1, 0.15) is 11.1 Å². The molecule has 0 radical (unpaired) electrons. The molecule has 0 bridgehead atoms. The molecule has 0 aromatic rings. The highest BCUT2D eigenvalue weighted by Gasteiger charge is 2.22. The molecule has 1 rings (SSSR count). The molecule has 0 amide bonds. The monoisotopic (exact) mass is 245 g/mol. The van der Waals surface area contributed by atoms with E-state index in [0.717, 1.165) is 45.9 Å². The van der Waals surface area contributed by atoms with E-state index in [1.54, 1.807) is 0 Å². The number of hydrogen-bond donors (Lipinski definition) is 1. The van der Waals surface area contributed by atoms with Crippen molar-refractivity contribution in [2.75, 3.05) is 45.9 Å². The summed E-state index contributed by atoms with van der Waals surface area (Å²) >= 11 is 4.97. The van der Waals surface area contributed by atoms with Gasteiger partial charge in [-0.3, -0.25) is 4.90 Å². The van der Waals surface area contributed by atoms with Crippen LogP contribution in [0.25, 0.3) is 0 Å². The molecule has 16 heavy (non-hydrogen) atoms. The second-order valence-corrected chi connectivity index (χ2v) is 4.56. The summed E-state index contributed by atoms with van der Waals surface area (Å²) in [4.78, 5) is 5.28. The zero-order valence-corrected chi connectivity index (χ0v) is 11.1. The normalized spacial score (nSPS) is 22.6. The first-order chi connectivity index (χ1) is 7.67. The van der Waals surface area contributed by atoms with Gasteiger partial charge in [-0.25, -0.2) is 0 Å². The van der Waals surface area contributed by atoms with Gasteiger partial charge in [0, 0.05) is 26.2 Å². The summed E-state index contributed by atoms with van der Waals surface area (Å²) < 4.78 is 5.51. The number of likely N-dealkylation sites (N-methyl/N-ethyl adjacent to an activating group) is 1. The van der Waals surface area contributed by atoms with Crippen molar-refractivity contribution in [1.82, 2.24) is 9.80 Å². The van der Waals surface area contributed by atoms with E-state index >= 15 is 0 Å². The fraction of sp³-hybridized carbons (Fsp3) is 0.909. The van der Waals surface area contributed by atoms with Crippen LogP contribution in [0.4, 0.5) is 0 Å². The van der Waals surface area contributed by atoms with Crippen molar-refractivity contribution < 1.29 is 4.74 Å². The van der Waals surface area contributed by atoms with Crippen LogP contribution in [0.15, 0.2) is 0 Å². The Morgan fingerprint density at radius 1 is 1.50 bits per heavy atom. The van der Waals surface area contributed by atoms with E-state index in [4.69, 9.17) is 22.7 Å². The maximum absolute atomic E-state index is 5.61. The van der Waals surface area contributed by atoms with Gasteiger partial charge in [0.05, 0.1) is 6.61 Å². The third-order valence-corrected chi connectivity index (χ3v) is 3.36. The quantitative estimate of drug-likeness (QED) is 0.682. The number of nitrogens with two attached hydrogens (primary N) is 1. The zero-order valence-electron chi connectivity index (χ0n) is 10.3. The topological polar surface area (TPSA) is 41.7 Å². The summed E-state index contributed by atoms with van der Waals surface area (Å²) in [6.07, 6.45) is -0.0551. The fourth-order valence-corrected chi connectivity index (χ4v) is 2.04. The lowest BCUT2D eigenvalue weighted by Crippen LogP contribution is -2.49. The summed E-state index contributed by atoms with van der Waals surface area (Å²) in [5, 5.41) is 0. The van der Waals surface area contributed by atoms with Crippen molar-refractivity contribution >= 4 is 17.2 Å². The Bertz CT molecular complexity index is 221. The van der Waals surface area contributed by atoms with Crippen LogP contribution in [0.5, 0.6) is 0 Å². The third kappa shape index (κ3) is 4.33. The van der Waals surface area contributed by atoms with Gasteiger partial charge in [-0.1, -0.05) is 26.1 Å². The number of morpholine rings is 1. The standard InChI is InChI=1S/C11H23N3OS/c1-3-13(4-2)5-6-14-7-8-15-10(9-14)11(12)16/h10H,3-9H2,1-2H3,(H2,12,16). The minimum absolute atomic E-state index is 0.0551. The van der Waals surface area contributed by atoms with Crippen LogP contribution in [-0.4, -0.2) is 66.8 Å². The van der Waals surface area contributed by atoms with Gasteiger partial charge in [-0.2, -0.15) is 0 Å². The molecule has 0 aliphatic carbocycles. The van der Waals surface area contributed by atoms with Crippen molar-refractivity contribution in [3.05, 3.63) is 0 Å². The van der Waals surface area contributed by atoms with E-state index in [1.807, 2.05) is 0 Å². The number of thiocarbonyl (C=S) groups is 1. The smallest absolute Gasteiger partial charge is 0.120 e. The summed E-state index contributed by atoms with van der Waals surface area (Å²) in [5.74, 6) is 0. The number of hydrogen-bond acceptors (Lipinski definition) is 4. The van der Waals surface area contributed by atoms with Gasteiger partial charge in [-0.05, 0) is 13.1 Å². The molecule has 0 spiro atoms. The van der Waals surface area contributed by atoms with Gasteiger partial charge >= 0.3 is 0 Å². The first kappa shape index (κ1) is 13.8. The molecule has 94 valence electrons. The molecule has 0 aromatic carbocycles. The van der Waals surface area contributed by atoms with E-state index < -0.39 is 0 Å². The zero-order chi connectivity index (χ0) is 12.0. The van der Waals surface area contributed by atoms with Crippen LogP contribution >= 0.6 is 12.2 Å². The van der Waals surface area contributed by atoms with Crippen LogP contribution in [-0.2, 0) is 4.74 Å². The van der Waals surface area contributed by atoms with E-state index in [2.05, 4.69) is 23.6 Å². The Kier molecular flexibility index (Phi) is 6.20. The Balaban J connectivity index is 2.29. The second kappa shape index (κ2) is 7.17. The van der Waals surface area contributed by atoms with Crippen LogP contribution < -0.4 is 5.73 Å². The molecule has 1 saturated heterocycles. The Hall–Kier alpha value is -0.230. The lowest BCUT2D eigenvalue weighted by molar-refractivity contribution is 0.00434. The Morgan fingerprint density at radius 3 is 2.75 bits per heavy atom. The van der Waals surface area contributed by atoms with E-state index in [-0.39, 0.29) is 6.10 Å². The van der Waals surface area contributed by atoms with Crippen LogP contribution in [0.1, 0.15) is 13.8 Å². The van der Waals surface area contributed by atoms with E-state index in [9.17, 15) is 0 Å². The van der Waals surface area contributed by atoms with E-state index in [0.29, 0.717) is 4.99 Å². The molecule has 0 saturated carbocycles. The minimum atomic E-state index is -0.0551. The van der Waals surface area contributed by atoms with Crippen molar-refractivity contribution in [2.24, 2.45) is 5.73 Å². The minimum Gasteiger partial charge on any atom is -0.391 e. The molecule has 1 heterocycles. The lowest BCUT2D eigenvalue weighted by atomic mass is 10.2. The first-order valence-electron chi connectivity index (χ1n) is 6.03. The maximum Gasteiger partial charge on any atom is 0.120 e. The molecule has 1 atom stereocenters. The highest BCUT2D eigenvalue weighted by atomic mass is 32.1. The van der Waals surface area contributed by atoms with Crippen LogP contribution in [0.3, 0.4) is 0 Å². The number of rotatable bonds is 6. The molecule has 4 nitrogen and oxygen atoms in total. The lowest BCUT2D eigenvalue weighted by Gasteiger charge is -2.33. The summed E-state index contributed by atoms with van der Waals surface area (Å²) in [5.41, 5.74) is 5.61. The molecule has 1 aliphatic heterocycles. The van der Waals surface area contributed by atoms with Gasteiger partial charge in [-0.15, -0.1) is 0 Å². The summed E-state index contributed by atoms with van der Waals surface area (Å²) in [6, 6.07) is 0. The van der Waals surface area contributed by atoms with Crippen LogP contribution in [0, 0.1) is 0 Å². The van der Waals surface area contributed by atoms with Gasteiger partial charge in [0.15, 0.2) is 0 Å². The molecule has 2 N–H and O–H groups in total. The molecule has 1 unspecified atom stereocenters. The first-order valence-corrected chi connectivity index (χ1v) is 6.43. The third-order valence-electron chi connectivity index (χ3n) is 3.09. The largest absolute Gasteiger partial charge is 0.391 e. The SMILES string of the molecule is CCN(CC)CCN1CCOC(C(N)=S)C1. The average Bonchev–Trinajstić information content (AvgIpc) is 2.31. The Labute approximate surface area is 104 Å². The van der Waals surface area contributed by atoms with Crippen molar-refractivity contribution in [2.45, 2.75) is 20.0 Å². The second-order valence-electron chi connectivity index (χ2n) is 4.09. The van der Waals surface area contributed by atoms with Gasteiger partial charge < -0.3 is 15.4 Å². The van der Waals surface area contributed by atoms with Crippen molar-refractivity contribution in [3.8, 4) is 0 Å². The highest BCUT2D eigenvalue weighted by Crippen LogP contribution is 2.05. The highest BCUT2D eigenvalue weighted by molar-refractivity contribution is 7.80.